The van der Waals surface area contributed by atoms with E-state index < -0.39 is 62.3 Å². The van der Waals surface area contributed by atoms with Gasteiger partial charge in [0, 0.05) is 88.9 Å². The van der Waals surface area contributed by atoms with Crippen molar-refractivity contribution in [2.24, 2.45) is 35.2 Å². The van der Waals surface area contributed by atoms with Crippen molar-refractivity contribution in [2.45, 2.75) is 187 Å². The van der Waals surface area contributed by atoms with Crippen molar-refractivity contribution in [2.75, 3.05) is 112 Å². The molecule has 0 aliphatic rings. The van der Waals surface area contributed by atoms with Crippen LogP contribution < -0.4 is 103 Å². The highest BCUT2D eigenvalue weighted by Crippen LogP contribution is 2.37. The lowest BCUT2D eigenvalue weighted by Crippen LogP contribution is -2.42. The molecule has 734 valence electrons. The number of carbonyl (C=O) groups is 2. The summed E-state index contributed by atoms with van der Waals surface area (Å²) in [6, 6.07) is 0. The third-order valence-corrected chi connectivity index (χ3v) is 26.0. The number of aromatic nitrogens is 9. The van der Waals surface area contributed by atoms with Gasteiger partial charge in [0.25, 0.3) is 28.1 Å². The molecule has 12 aromatic rings. The molecule has 0 saturated heterocycles. The summed E-state index contributed by atoms with van der Waals surface area (Å²) in [4.78, 5) is 162. The van der Waals surface area contributed by atoms with Gasteiger partial charge in [0.15, 0.2) is 0 Å². The number of hydroxylamine groups is 1. The van der Waals surface area contributed by atoms with Gasteiger partial charge in [-0.2, -0.15) is 0 Å². The minimum atomic E-state index is -0.872. The summed E-state index contributed by atoms with van der Waals surface area (Å²) in [5, 5.41) is 42.3. The number of aromatic carboxylic acids is 1. The molecule has 0 radical (unpaired) electrons. The van der Waals surface area contributed by atoms with E-state index in [1.807, 2.05) is 246 Å². The molecule has 0 atom stereocenters. The van der Waals surface area contributed by atoms with E-state index >= 15 is 0 Å². The Morgan fingerprint density at radius 1 is 0.313 bits per heavy atom. The summed E-state index contributed by atoms with van der Waals surface area (Å²) in [5.41, 5.74) is 30.8. The number of carboxylic acid groups (broad SMARTS) is 1. The monoisotopic (exact) mass is 1860 g/mol. The van der Waals surface area contributed by atoms with E-state index in [0.29, 0.717) is 65.6 Å². The number of nitrogens with zero attached hydrogens (tertiary/aromatic N) is 11. The van der Waals surface area contributed by atoms with Gasteiger partial charge in [-0.3, -0.25) is 51.6 Å². The molecule has 0 fully saturated rings. The average Bonchev–Trinajstić information content (AvgIpc) is 0.736. The fourth-order valence-electron chi connectivity index (χ4n) is 17.1. The largest absolute Gasteiger partial charge is 0.478 e. The molecule has 12 rings (SSSR count). The molecular formula is C99H144N16O19. The predicted octanol–water partition coefficient (Wildman–Crippen LogP) is 10.8. The first-order valence-electron chi connectivity index (χ1n) is 42.8. The van der Waals surface area contributed by atoms with Gasteiger partial charge in [-0.25, -0.2) is 39.0 Å². The molecule has 134 heavy (non-hydrogen) atoms. The fourth-order valence-corrected chi connectivity index (χ4v) is 17.1. The number of hydrogen-bond donors (Lipinski definition) is 8. The van der Waals surface area contributed by atoms with Crippen LogP contribution in [0.1, 0.15) is 173 Å². The molecule has 5 aromatic heterocycles. The molecule has 35 heteroatoms. The van der Waals surface area contributed by atoms with Crippen LogP contribution in [0.15, 0.2) is 52.4 Å². The van der Waals surface area contributed by atoms with Crippen LogP contribution in [0.25, 0.3) is 54.5 Å². The van der Waals surface area contributed by atoms with Crippen molar-refractivity contribution in [1.29, 1.82) is 0 Å². The number of fused-ring (bicyclic) bond motifs is 5. The average molecular weight is 1860 g/mol. The molecule has 8 N–H and O–H groups in total. The van der Waals surface area contributed by atoms with Gasteiger partial charge in [-0.15, -0.1) is 0 Å². The fraction of sp³-hybridized carbons (Fsp3) is 0.455. The summed E-state index contributed by atoms with van der Waals surface area (Å²) in [5.74, 6) is -1.71. The molecule has 5 heterocycles. The Kier molecular flexibility index (Phi) is 39.5. The van der Waals surface area contributed by atoms with Gasteiger partial charge in [0.05, 0.1) is 84.1 Å². The Hall–Kier alpha value is -13.5. The number of nitrogens with one attached hydrogen (secondary N) is 5. The standard InChI is InChI=1S/C15H21N3O3.C14H19N3O3.C14H18N2O3.C13H16N2O3.C13H20N2O2.C13H15NO3.C12H17NO2.2C2H7N.CH4/c1-8-9(2)12(16(4)5)10(3)13-11(8)14(19)18(21-7)15(20)17(13)6;1-7-8(2)11(15(4)5)9(3)12-10(7)13(18)17(20)14(19)16(12)6;1-7-8(2)10(4)12-11(9(7)3)13(17)16(19-6)14(18)15(12)5;1-6-7(2)9(4)11-10(8(6)3)12(16)15(18)13(17)14(11)5;1-7-8(2)10(4)12(14-5)11(9(7)3)13(16)15-17-6;1-6-7(2)9(4)11-10(8(6)3)12(15)17-13(16)14(11)5;1-6-7(2)9(4)11(13-5)10(8(6)3)12(14)15;2*1-3-2;/h1-7H3;20H,1-6H3;1-6H3;18H,1-5H3;14H,1-6H3,(H,15,16);1-5H3;13H,1-5H3,(H,14,15);2*3H,1-2H3;1H4. The number of carbonyl (C=O) groups excluding carboxylic acids is 1. The van der Waals surface area contributed by atoms with Crippen molar-refractivity contribution in [3.8, 4) is 0 Å². The maximum Gasteiger partial charge on any atom is 0.422 e. The van der Waals surface area contributed by atoms with E-state index in [-0.39, 0.29) is 22.8 Å². The Morgan fingerprint density at radius 3 is 0.836 bits per heavy atom. The predicted molar refractivity (Wildman–Crippen MR) is 543 cm³/mol. The molecule has 0 aliphatic heterocycles. The quantitative estimate of drug-likeness (QED) is 0.0491. The third-order valence-electron chi connectivity index (χ3n) is 26.0. The Labute approximate surface area is 782 Å². The lowest BCUT2D eigenvalue weighted by atomic mass is 9.92. The van der Waals surface area contributed by atoms with Gasteiger partial charge in [0.1, 0.15) is 14.2 Å². The summed E-state index contributed by atoms with van der Waals surface area (Å²) in [6.45, 7) is 50.5. The van der Waals surface area contributed by atoms with Crippen molar-refractivity contribution < 1.29 is 44.0 Å². The Balaban J connectivity index is 0.000000399. The Bertz CT molecular complexity index is 7280. The van der Waals surface area contributed by atoms with Crippen LogP contribution in [-0.4, -0.2) is 161 Å². The number of anilines is 4. The maximum absolute atomic E-state index is 12.6. The summed E-state index contributed by atoms with van der Waals surface area (Å²) in [6.07, 6.45) is 0. The van der Waals surface area contributed by atoms with E-state index in [1.54, 1.807) is 42.3 Å². The number of carboxylic acids is 1. The highest BCUT2D eigenvalue weighted by atomic mass is 16.7. The number of benzene rings is 7. The smallest absolute Gasteiger partial charge is 0.422 e. The SMILES string of the molecule is C.CNC.CNC.CNc1c(C)c(C)c(C)c(C)c1C(=O)NOC.CNc1c(C)c(C)c(C)c(C)c1C(=O)O.COn1c(=O)c2c(C)c(C)c(C)c(C)c2n(C)c1=O.COn1c(=O)c2c(C)c(C)c(N(C)C)c(C)c2n(C)c1=O.Cc1c(C)c(C)c2c(c1C)c(=O)n(O)c(=O)n2C.Cc1c(C)c(C)c2c(c1C)c(=O)oc(=O)n2C.Cc1c(N(C)C)c(C)c2c(c1C)c(=O)n(O)c(=O)n2C. The third kappa shape index (κ3) is 21.2. The number of amides is 1. The first-order chi connectivity index (χ1) is 61.6. The molecule has 0 bridgehead atoms. The first kappa shape index (κ1) is 115. The molecular weight excluding hydrogens is 1720 g/mol. The zero-order chi connectivity index (χ0) is 103. The van der Waals surface area contributed by atoms with Crippen molar-refractivity contribution in [1.82, 2.24) is 57.9 Å². The molecule has 1 amide bonds. The van der Waals surface area contributed by atoms with Crippen LogP contribution in [0.4, 0.5) is 22.7 Å². The number of aryl methyl sites for hydroxylation is 15. The van der Waals surface area contributed by atoms with Crippen molar-refractivity contribution >= 4 is 89.1 Å². The second kappa shape index (κ2) is 46.2. The van der Waals surface area contributed by atoms with Crippen LogP contribution in [0, 0.1) is 180 Å². The van der Waals surface area contributed by atoms with Gasteiger partial charge in [-0.05, 0) is 353 Å². The second-order valence-electron chi connectivity index (χ2n) is 33.7. The summed E-state index contributed by atoms with van der Waals surface area (Å²) < 4.78 is 13.6. The molecule has 0 unspecified atom stereocenters. The van der Waals surface area contributed by atoms with E-state index in [4.69, 9.17) is 18.9 Å². The molecule has 0 saturated carbocycles. The van der Waals surface area contributed by atoms with Crippen molar-refractivity contribution in [3.63, 3.8) is 0 Å². The van der Waals surface area contributed by atoms with Crippen LogP contribution in [0.5, 0.6) is 0 Å². The van der Waals surface area contributed by atoms with E-state index in [1.165, 1.54) is 49.7 Å². The van der Waals surface area contributed by atoms with Crippen LogP contribution >= 0.6 is 0 Å². The van der Waals surface area contributed by atoms with Gasteiger partial charge in [0.2, 0.25) is 0 Å². The summed E-state index contributed by atoms with van der Waals surface area (Å²) in [7, 11) is 30.9. The molecule has 0 aliphatic carbocycles. The topological polar surface area (TPSA) is 417 Å². The molecule has 0 spiro atoms. The zero-order valence-corrected chi connectivity index (χ0v) is 86.3. The van der Waals surface area contributed by atoms with Gasteiger partial charge < -0.3 is 60.7 Å². The normalized spacial score (nSPS) is 10.6. The van der Waals surface area contributed by atoms with E-state index in [9.17, 15) is 73.1 Å². The van der Waals surface area contributed by atoms with E-state index in [2.05, 4.69) is 33.7 Å². The van der Waals surface area contributed by atoms with Crippen molar-refractivity contribution in [3.05, 3.63) is 260 Å². The number of hydrogen-bond acceptors (Lipinski definition) is 24. The minimum Gasteiger partial charge on any atom is -0.478 e. The molecule has 35 nitrogen and oxygen atoms in total. The highest BCUT2D eigenvalue weighted by molar-refractivity contribution is 6.02. The first-order valence-corrected chi connectivity index (χ1v) is 42.8. The lowest BCUT2D eigenvalue weighted by molar-refractivity contribution is 0.0537. The minimum absolute atomic E-state index is 0. The second-order valence-corrected chi connectivity index (χ2v) is 33.7. The Morgan fingerprint density at radius 2 is 0.552 bits per heavy atom. The maximum atomic E-state index is 12.6. The van der Waals surface area contributed by atoms with E-state index in [0.717, 1.165) is 171 Å². The highest BCUT2D eigenvalue weighted by Gasteiger charge is 2.28. The summed E-state index contributed by atoms with van der Waals surface area (Å²) >= 11 is 0. The van der Waals surface area contributed by atoms with Gasteiger partial charge >= 0.3 is 40.1 Å². The molecule has 7 aromatic carbocycles. The van der Waals surface area contributed by atoms with Crippen LogP contribution in [0.3, 0.4) is 0 Å². The number of rotatable bonds is 9. The van der Waals surface area contributed by atoms with Gasteiger partial charge in [-0.1, -0.05) is 26.3 Å². The van der Waals surface area contributed by atoms with Crippen LogP contribution in [-0.2, 0) is 40.1 Å². The zero-order valence-electron chi connectivity index (χ0n) is 86.3. The lowest BCUT2D eigenvalue weighted by Gasteiger charge is -2.23. The van der Waals surface area contributed by atoms with Crippen LogP contribution in [0.2, 0.25) is 0 Å².